The molecule has 4 aromatic rings. The van der Waals surface area contributed by atoms with E-state index in [0.717, 1.165) is 17.0 Å². The van der Waals surface area contributed by atoms with Gasteiger partial charge in [0.15, 0.2) is 17.3 Å². The van der Waals surface area contributed by atoms with Crippen LogP contribution in [0, 0.1) is 0 Å². The van der Waals surface area contributed by atoms with Crippen LogP contribution in [-0.2, 0) is 0 Å². The first-order valence-corrected chi connectivity index (χ1v) is 10.1. The van der Waals surface area contributed by atoms with Crippen LogP contribution in [0.15, 0.2) is 72.5 Å². The second kappa shape index (κ2) is 7.78. The highest BCUT2D eigenvalue weighted by Gasteiger charge is 2.24. The SMILES string of the molecule is C=C/C=C(\C(N)=NC)c1nc2ccc(-n3cccn3)nc2n1-c1ccc2c(c1)OCC2N. The Morgan fingerprint density at radius 1 is 1.28 bits per heavy atom. The molecule has 0 radical (unpaired) electrons. The van der Waals surface area contributed by atoms with Crippen molar-refractivity contribution < 1.29 is 4.74 Å². The molecule has 32 heavy (non-hydrogen) atoms. The van der Waals surface area contributed by atoms with E-state index in [2.05, 4.69) is 16.7 Å². The molecule has 5 rings (SSSR count). The number of allylic oxidation sites excluding steroid dienone is 2. The first kappa shape index (κ1) is 19.7. The lowest BCUT2D eigenvalue weighted by Crippen LogP contribution is -2.17. The fourth-order valence-corrected chi connectivity index (χ4v) is 3.78. The van der Waals surface area contributed by atoms with Gasteiger partial charge in [-0.15, -0.1) is 0 Å². The van der Waals surface area contributed by atoms with Crippen molar-refractivity contribution in [2.75, 3.05) is 13.7 Å². The molecule has 3 aromatic heterocycles. The second-order valence-electron chi connectivity index (χ2n) is 7.30. The molecule has 0 amide bonds. The summed E-state index contributed by atoms with van der Waals surface area (Å²) in [5, 5.41) is 4.29. The van der Waals surface area contributed by atoms with Gasteiger partial charge in [-0.2, -0.15) is 5.10 Å². The van der Waals surface area contributed by atoms with Crippen molar-refractivity contribution in [3.8, 4) is 17.3 Å². The van der Waals surface area contributed by atoms with Gasteiger partial charge in [0.2, 0.25) is 0 Å². The van der Waals surface area contributed by atoms with E-state index < -0.39 is 0 Å². The molecule has 1 aliphatic rings. The molecule has 4 heterocycles. The summed E-state index contributed by atoms with van der Waals surface area (Å²) in [6, 6.07) is 11.4. The number of pyridine rings is 1. The maximum absolute atomic E-state index is 6.22. The monoisotopic (exact) mass is 426 g/mol. The topological polar surface area (TPSA) is 122 Å². The summed E-state index contributed by atoms with van der Waals surface area (Å²) < 4.78 is 9.42. The minimum absolute atomic E-state index is 0.137. The summed E-state index contributed by atoms with van der Waals surface area (Å²) in [6.07, 6.45) is 6.99. The number of hydrogen-bond donors (Lipinski definition) is 2. The molecular weight excluding hydrogens is 404 g/mol. The van der Waals surface area contributed by atoms with Gasteiger partial charge in [0.25, 0.3) is 0 Å². The highest BCUT2D eigenvalue weighted by atomic mass is 16.5. The van der Waals surface area contributed by atoms with E-state index in [1.54, 1.807) is 30.1 Å². The normalized spacial score (nSPS) is 16.2. The van der Waals surface area contributed by atoms with Gasteiger partial charge in [-0.3, -0.25) is 9.56 Å². The van der Waals surface area contributed by atoms with E-state index in [-0.39, 0.29) is 6.04 Å². The Bertz CT molecular complexity index is 1380. The van der Waals surface area contributed by atoms with Gasteiger partial charge >= 0.3 is 0 Å². The summed E-state index contributed by atoms with van der Waals surface area (Å²) in [5.74, 6) is 2.35. The zero-order valence-corrected chi connectivity index (χ0v) is 17.5. The van der Waals surface area contributed by atoms with Crippen molar-refractivity contribution in [3.05, 3.63) is 78.9 Å². The Kier molecular flexibility index (Phi) is 4.79. The maximum atomic E-state index is 6.22. The number of nitrogens with zero attached hydrogens (tertiary/aromatic N) is 6. The molecule has 9 heteroatoms. The van der Waals surface area contributed by atoms with E-state index in [0.29, 0.717) is 40.8 Å². The Balaban J connectivity index is 1.80. The fourth-order valence-electron chi connectivity index (χ4n) is 3.78. The summed E-state index contributed by atoms with van der Waals surface area (Å²) in [7, 11) is 1.64. The van der Waals surface area contributed by atoms with Crippen LogP contribution in [0.1, 0.15) is 17.4 Å². The molecule has 0 saturated heterocycles. The first-order chi connectivity index (χ1) is 15.6. The number of benzene rings is 1. The lowest BCUT2D eigenvalue weighted by molar-refractivity contribution is 0.333. The predicted octanol–water partition coefficient (Wildman–Crippen LogP) is 2.55. The smallest absolute Gasteiger partial charge is 0.167 e. The number of ether oxygens (including phenoxy) is 1. The molecule has 160 valence electrons. The van der Waals surface area contributed by atoms with Crippen LogP contribution in [0.4, 0.5) is 0 Å². The molecule has 0 saturated carbocycles. The molecule has 0 spiro atoms. The molecule has 0 bridgehead atoms. The Labute approximate surface area is 184 Å². The summed E-state index contributed by atoms with van der Waals surface area (Å²) >= 11 is 0. The van der Waals surface area contributed by atoms with Crippen molar-refractivity contribution in [1.82, 2.24) is 24.3 Å². The average molecular weight is 426 g/mol. The van der Waals surface area contributed by atoms with Crippen LogP contribution in [0.3, 0.4) is 0 Å². The highest BCUT2D eigenvalue weighted by molar-refractivity contribution is 6.21. The number of fused-ring (bicyclic) bond motifs is 2. The standard InChI is InChI=1S/C23H22N8O/c1-3-5-16(21(25)26-2)22-28-18-8-9-20(30-11-4-10-27-30)29-23(18)31(22)14-6-7-15-17(24)13-32-19(15)12-14/h3-12,17H,1,13,24H2,2H3,(H2,25,26)/b16-5+. The van der Waals surface area contributed by atoms with E-state index in [9.17, 15) is 0 Å². The summed E-state index contributed by atoms with van der Waals surface area (Å²) in [4.78, 5) is 13.9. The molecule has 0 fully saturated rings. The van der Waals surface area contributed by atoms with E-state index >= 15 is 0 Å². The van der Waals surface area contributed by atoms with Crippen molar-refractivity contribution in [2.45, 2.75) is 6.04 Å². The molecule has 4 N–H and O–H groups in total. The predicted molar refractivity (Wildman–Crippen MR) is 124 cm³/mol. The van der Waals surface area contributed by atoms with Crippen LogP contribution in [0.5, 0.6) is 5.75 Å². The van der Waals surface area contributed by atoms with Crippen molar-refractivity contribution >= 4 is 22.6 Å². The maximum Gasteiger partial charge on any atom is 0.167 e. The van der Waals surface area contributed by atoms with Gasteiger partial charge in [-0.05, 0) is 30.3 Å². The van der Waals surface area contributed by atoms with Gasteiger partial charge in [0.1, 0.15) is 23.7 Å². The van der Waals surface area contributed by atoms with Crippen LogP contribution in [0.25, 0.3) is 28.2 Å². The first-order valence-electron chi connectivity index (χ1n) is 10.1. The summed E-state index contributed by atoms with van der Waals surface area (Å²) in [5.41, 5.74) is 16.1. The van der Waals surface area contributed by atoms with Crippen LogP contribution in [-0.4, -0.2) is 43.8 Å². The number of rotatable bonds is 5. The zero-order chi connectivity index (χ0) is 22.2. The van der Waals surface area contributed by atoms with E-state index in [4.69, 9.17) is 26.2 Å². The minimum Gasteiger partial charge on any atom is -0.491 e. The van der Waals surface area contributed by atoms with Crippen molar-refractivity contribution in [2.24, 2.45) is 16.5 Å². The Hall–Kier alpha value is -4.24. The molecule has 1 unspecified atom stereocenters. The number of hydrogen-bond acceptors (Lipinski definition) is 6. The lowest BCUT2D eigenvalue weighted by Gasteiger charge is -2.13. The third-order valence-electron chi connectivity index (χ3n) is 5.34. The molecule has 1 aromatic carbocycles. The number of imidazole rings is 1. The third kappa shape index (κ3) is 3.15. The van der Waals surface area contributed by atoms with Gasteiger partial charge in [-0.25, -0.2) is 14.6 Å². The largest absolute Gasteiger partial charge is 0.491 e. The number of amidine groups is 1. The highest BCUT2D eigenvalue weighted by Crippen LogP contribution is 2.35. The number of aliphatic imine (C=N–C) groups is 1. The van der Waals surface area contributed by atoms with Crippen molar-refractivity contribution in [1.29, 1.82) is 0 Å². The number of nitrogens with two attached hydrogens (primary N) is 2. The second-order valence-corrected chi connectivity index (χ2v) is 7.30. The molecule has 1 aliphatic heterocycles. The van der Waals surface area contributed by atoms with Crippen molar-refractivity contribution in [3.63, 3.8) is 0 Å². The van der Waals surface area contributed by atoms with E-state index in [1.165, 1.54) is 0 Å². The quantitative estimate of drug-likeness (QED) is 0.287. The average Bonchev–Trinajstić information content (AvgIpc) is 3.55. The van der Waals surface area contributed by atoms with Gasteiger partial charge in [0.05, 0.1) is 17.3 Å². The molecule has 9 nitrogen and oxygen atoms in total. The zero-order valence-electron chi connectivity index (χ0n) is 17.5. The van der Waals surface area contributed by atoms with Crippen LogP contribution in [0.2, 0.25) is 0 Å². The third-order valence-corrected chi connectivity index (χ3v) is 5.34. The molecule has 0 aliphatic carbocycles. The van der Waals surface area contributed by atoms with E-state index in [1.807, 2.05) is 47.2 Å². The van der Waals surface area contributed by atoms with Gasteiger partial charge in [-0.1, -0.05) is 18.7 Å². The molecular formula is C23H22N8O. The van der Waals surface area contributed by atoms with Crippen LogP contribution < -0.4 is 16.2 Å². The van der Waals surface area contributed by atoms with Gasteiger partial charge in [0, 0.05) is 31.1 Å². The Morgan fingerprint density at radius 2 is 2.16 bits per heavy atom. The lowest BCUT2D eigenvalue weighted by atomic mass is 10.1. The fraction of sp³-hybridized carbons (Fsp3) is 0.130. The Morgan fingerprint density at radius 3 is 2.91 bits per heavy atom. The molecule has 1 atom stereocenters. The van der Waals surface area contributed by atoms with Crippen LogP contribution >= 0.6 is 0 Å². The number of aromatic nitrogens is 5. The summed E-state index contributed by atoms with van der Waals surface area (Å²) in [6.45, 7) is 4.27. The van der Waals surface area contributed by atoms with Gasteiger partial charge < -0.3 is 16.2 Å². The minimum atomic E-state index is -0.137.